The van der Waals surface area contributed by atoms with Gasteiger partial charge in [-0.15, -0.1) is 0 Å². The summed E-state index contributed by atoms with van der Waals surface area (Å²) >= 11 is 0. The molecule has 4 nitrogen and oxygen atoms in total. The van der Waals surface area contributed by atoms with Crippen LogP contribution in [0.5, 0.6) is 0 Å². The van der Waals surface area contributed by atoms with Crippen LogP contribution in [-0.2, 0) is 9.47 Å². The van der Waals surface area contributed by atoms with Crippen molar-refractivity contribution in [3.05, 3.63) is 48.0 Å². The van der Waals surface area contributed by atoms with Gasteiger partial charge in [0.2, 0.25) is 0 Å². The number of amides is 1. The Kier molecular flexibility index (Phi) is 3.62. The molecule has 2 aliphatic rings. The monoisotopic (exact) mass is 325 g/mol. The fourth-order valence-electron chi connectivity index (χ4n) is 4.03. The van der Waals surface area contributed by atoms with Crippen molar-refractivity contribution in [2.75, 3.05) is 26.3 Å². The second-order valence-corrected chi connectivity index (χ2v) is 7.54. The van der Waals surface area contributed by atoms with E-state index in [1.807, 2.05) is 47.4 Å². The zero-order valence-electron chi connectivity index (χ0n) is 14.2. The van der Waals surface area contributed by atoms with E-state index in [2.05, 4.69) is 13.8 Å². The summed E-state index contributed by atoms with van der Waals surface area (Å²) in [5.41, 5.74) is 0.0358. The van der Waals surface area contributed by atoms with Crippen LogP contribution in [0.3, 0.4) is 0 Å². The summed E-state index contributed by atoms with van der Waals surface area (Å²) < 4.78 is 11.9. The van der Waals surface area contributed by atoms with E-state index < -0.39 is 0 Å². The minimum Gasteiger partial charge on any atom is -0.378 e. The Morgan fingerprint density at radius 3 is 2.67 bits per heavy atom. The SMILES string of the molecule is CC1(C)CN(C(=O)c2cccc3ccccc23)CC2(CCOC2)O1. The van der Waals surface area contributed by atoms with Crippen molar-refractivity contribution in [1.29, 1.82) is 0 Å². The highest BCUT2D eigenvalue weighted by Crippen LogP contribution is 2.35. The number of fused-ring (bicyclic) bond motifs is 1. The molecule has 2 heterocycles. The number of hydrogen-bond acceptors (Lipinski definition) is 3. The number of benzene rings is 2. The van der Waals surface area contributed by atoms with Gasteiger partial charge in [-0.05, 0) is 30.7 Å². The first-order valence-corrected chi connectivity index (χ1v) is 8.53. The Bertz CT molecular complexity index is 772. The van der Waals surface area contributed by atoms with Crippen LogP contribution in [0.1, 0.15) is 30.6 Å². The van der Waals surface area contributed by atoms with Crippen LogP contribution >= 0.6 is 0 Å². The number of carbonyl (C=O) groups excluding carboxylic acids is 1. The van der Waals surface area contributed by atoms with Crippen molar-refractivity contribution in [2.24, 2.45) is 0 Å². The van der Waals surface area contributed by atoms with Crippen molar-refractivity contribution in [3.8, 4) is 0 Å². The first kappa shape index (κ1) is 15.6. The summed E-state index contributed by atoms with van der Waals surface area (Å²) in [7, 11) is 0. The molecule has 2 saturated heterocycles. The van der Waals surface area contributed by atoms with Gasteiger partial charge in [0, 0.05) is 25.1 Å². The van der Waals surface area contributed by atoms with E-state index in [0.717, 1.165) is 22.8 Å². The molecule has 1 unspecified atom stereocenters. The van der Waals surface area contributed by atoms with Gasteiger partial charge >= 0.3 is 0 Å². The molecule has 0 saturated carbocycles. The Morgan fingerprint density at radius 1 is 1.08 bits per heavy atom. The van der Waals surface area contributed by atoms with E-state index in [4.69, 9.17) is 9.47 Å². The van der Waals surface area contributed by atoms with Gasteiger partial charge in [-0.2, -0.15) is 0 Å². The lowest BCUT2D eigenvalue weighted by atomic mass is 9.93. The average molecular weight is 325 g/mol. The maximum absolute atomic E-state index is 13.3. The van der Waals surface area contributed by atoms with E-state index in [0.29, 0.717) is 26.3 Å². The van der Waals surface area contributed by atoms with Crippen molar-refractivity contribution in [2.45, 2.75) is 31.5 Å². The molecule has 4 rings (SSSR count). The van der Waals surface area contributed by atoms with E-state index in [1.165, 1.54) is 0 Å². The zero-order valence-corrected chi connectivity index (χ0v) is 14.2. The minimum atomic E-state index is -0.369. The molecule has 0 bridgehead atoms. The molecule has 126 valence electrons. The summed E-state index contributed by atoms with van der Waals surface area (Å²) in [5, 5.41) is 2.10. The van der Waals surface area contributed by atoms with Crippen molar-refractivity contribution in [1.82, 2.24) is 4.90 Å². The molecule has 2 aliphatic heterocycles. The Hall–Kier alpha value is -1.91. The third-order valence-electron chi connectivity index (χ3n) is 4.92. The minimum absolute atomic E-state index is 0.0782. The van der Waals surface area contributed by atoms with Crippen LogP contribution in [0.2, 0.25) is 0 Å². The summed E-state index contributed by atoms with van der Waals surface area (Å²) in [5.74, 6) is 0.0782. The van der Waals surface area contributed by atoms with Gasteiger partial charge in [0.05, 0.1) is 18.8 Å². The molecular weight excluding hydrogens is 302 g/mol. The largest absolute Gasteiger partial charge is 0.378 e. The number of rotatable bonds is 1. The molecule has 0 aromatic heterocycles. The lowest BCUT2D eigenvalue weighted by molar-refractivity contribution is -0.186. The predicted octanol–water partition coefficient (Wildman–Crippen LogP) is 3.25. The van der Waals surface area contributed by atoms with E-state index in [-0.39, 0.29) is 17.1 Å². The van der Waals surface area contributed by atoms with Gasteiger partial charge in [0.1, 0.15) is 5.60 Å². The molecule has 4 heteroatoms. The molecular formula is C20H23NO3. The normalized spacial score (nSPS) is 26.2. The molecule has 2 aromatic carbocycles. The Morgan fingerprint density at radius 2 is 1.88 bits per heavy atom. The van der Waals surface area contributed by atoms with Gasteiger partial charge in [0.15, 0.2) is 0 Å². The molecule has 2 aromatic rings. The topological polar surface area (TPSA) is 38.8 Å². The number of ether oxygens (including phenoxy) is 2. The van der Waals surface area contributed by atoms with Gasteiger partial charge in [-0.25, -0.2) is 0 Å². The average Bonchev–Trinajstić information content (AvgIpc) is 2.99. The standard InChI is InChI=1S/C20H23NO3/c1-19(2)12-21(13-20(24-19)10-11-23-14-20)18(22)17-9-5-7-15-6-3-4-8-16(15)17/h3-9H,10-14H2,1-2H3. The van der Waals surface area contributed by atoms with Crippen LogP contribution < -0.4 is 0 Å². The maximum atomic E-state index is 13.3. The highest BCUT2D eigenvalue weighted by atomic mass is 16.6. The van der Waals surface area contributed by atoms with Crippen LogP contribution in [-0.4, -0.2) is 48.3 Å². The van der Waals surface area contributed by atoms with Gasteiger partial charge < -0.3 is 14.4 Å². The van der Waals surface area contributed by atoms with Crippen LogP contribution in [0, 0.1) is 0 Å². The number of morpholine rings is 1. The molecule has 24 heavy (non-hydrogen) atoms. The van der Waals surface area contributed by atoms with Crippen LogP contribution in [0.4, 0.5) is 0 Å². The Balaban J connectivity index is 1.70. The first-order valence-electron chi connectivity index (χ1n) is 8.53. The molecule has 1 atom stereocenters. The highest BCUT2D eigenvalue weighted by Gasteiger charge is 2.48. The summed E-state index contributed by atoms with van der Waals surface area (Å²) in [4.78, 5) is 15.2. The molecule has 2 fully saturated rings. The van der Waals surface area contributed by atoms with Crippen molar-refractivity contribution >= 4 is 16.7 Å². The summed E-state index contributed by atoms with van der Waals surface area (Å²) in [6.45, 7) is 6.56. The Labute approximate surface area is 142 Å². The number of hydrogen-bond donors (Lipinski definition) is 0. The maximum Gasteiger partial charge on any atom is 0.254 e. The van der Waals surface area contributed by atoms with Gasteiger partial charge in [-0.1, -0.05) is 36.4 Å². The zero-order chi connectivity index (χ0) is 16.8. The lowest BCUT2D eigenvalue weighted by Crippen LogP contribution is -2.61. The summed E-state index contributed by atoms with van der Waals surface area (Å²) in [6, 6.07) is 14.0. The molecule has 0 aliphatic carbocycles. The van der Waals surface area contributed by atoms with E-state index >= 15 is 0 Å². The number of nitrogens with zero attached hydrogens (tertiary/aromatic N) is 1. The fourth-order valence-corrected chi connectivity index (χ4v) is 4.03. The quantitative estimate of drug-likeness (QED) is 0.808. The van der Waals surface area contributed by atoms with Crippen molar-refractivity contribution < 1.29 is 14.3 Å². The van der Waals surface area contributed by atoms with Crippen LogP contribution in [0.15, 0.2) is 42.5 Å². The van der Waals surface area contributed by atoms with E-state index in [1.54, 1.807) is 0 Å². The van der Waals surface area contributed by atoms with E-state index in [9.17, 15) is 4.79 Å². The summed E-state index contributed by atoms with van der Waals surface area (Å²) in [6.07, 6.45) is 0.843. The molecule has 1 spiro atoms. The van der Waals surface area contributed by atoms with Crippen LogP contribution in [0.25, 0.3) is 10.8 Å². The fraction of sp³-hybridized carbons (Fsp3) is 0.450. The van der Waals surface area contributed by atoms with Crippen molar-refractivity contribution in [3.63, 3.8) is 0 Å². The molecule has 0 N–H and O–H groups in total. The number of carbonyl (C=O) groups is 1. The lowest BCUT2D eigenvalue weighted by Gasteiger charge is -2.48. The van der Waals surface area contributed by atoms with Gasteiger partial charge in [-0.3, -0.25) is 4.79 Å². The third kappa shape index (κ3) is 2.70. The third-order valence-corrected chi connectivity index (χ3v) is 4.92. The van der Waals surface area contributed by atoms with Gasteiger partial charge in [0.25, 0.3) is 5.91 Å². The second-order valence-electron chi connectivity index (χ2n) is 7.54. The second kappa shape index (κ2) is 5.57. The highest BCUT2D eigenvalue weighted by molar-refractivity contribution is 6.07. The first-order chi connectivity index (χ1) is 11.5. The molecule has 0 radical (unpaired) electrons. The molecule has 1 amide bonds. The predicted molar refractivity (Wildman–Crippen MR) is 93.2 cm³/mol. The smallest absolute Gasteiger partial charge is 0.254 e.